The van der Waals surface area contributed by atoms with Crippen molar-refractivity contribution in [2.24, 2.45) is 11.8 Å². The number of hydrogen-bond acceptors (Lipinski definition) is 7. The molecule has 9 nitrogen and oxygen atoms in total. The van der Waals surface area contributed by atoms with Crippen LogP contribution < -0.4 is 10.9 Å². The summed E-state index contributed by atoms with van der Waals surface area (Å²) in [7, 11) is 0. The number of anilines is 1. The quantitative estimate of drug-likeness (QED) is 0.652. The van der Waals surface area contributed by atoms with E-state index in [1.807, 2.05) is 13.8 Å². The molecule has 0 saturated carbocycles. The third kappa shape index (κ3) is 4.48. The first-order chi connectivity index (χ1) is 14.9. The van der Waals surface area contributed by atoms with E-state index < -0.39 is 0 Å². The number of piperidine rings is 1. The van der Waals surface area contributed by atoms with E-state index in [1.165, 1.54) is 16.0 Å². The molecule has 0 atom stereocenters. The summed E-state index contributed by atoms with van der Waals surface area (Å²) in [5.74, 6) is -0.279. The van der Waals surface area contributed by atoms with Crippen LogP contribution in [0.2, 0.25) is 0 Å². The van der Waals surface area contributed by atoms with Crippen molar-refractivity contribution >= 4 is 39.1 Å². The molecule has 0 bridgehead atoms. The van der Waals surface area contributed by atoms with E-state index in [1.54, 1.807) is 34.7 Å². The van der Waals surface area contributed by atoms with Crippen LogP contribution in [0.1, 0.15) is 37.2 Å². The zero-order chi connectivity index (χ0) is 22.0. The monoisotopic (exact) mass is 440 g/mol. The van der Waals surface area contributed by atoms with E-state index in [0.717, 1.165) is 0 Å². The standard InChI is InChI=1S/C21H24N6O3S/c1-13(2)11-27-19(29)16-6-4-3-5-15(16)17(25-27)20(30)26-9-7-14(8-10-26)18(28)23-21-24-22-12-31-21/h3-6,12-14H,7-11H2,1-2H3,(H,23,24,28). The highest BCUT2D eigenvalue weighted by molar-refractivity contribution is 7.13. The number of likely N-dealkylation sites (tertiary alicyclic amines) is 1. The fourth-order valence-corrected chi connectivity index (χ4v) is 4.24. The number of benzene rings is 1. The first-order valence-electron chi connectivity index (χ1n) is 10.3. The molecule has 162 valence electrons. The average molecular weight is 441 g/mol. The Balaban J connectivity index is 1.53. The highest BCUT2D eigenvalue weighted by Gasteiger charge is 2.30. The molecule has 1 fully saturated rings. The van der Waals surface area contributed by atoms with E-state index in [-0.39, 0.29) is 34.9 Å². The molecule has 3 heterocycles. The van der Waals surface area contributed by atoms with Gasteiger partial charge in [0, 0.05) is 30.9 Å². The molecular formula is C21H24N6O3S. The lowest BCUT2D eigenvalue weighted by Crippen LogP contribution is -2.42. The van der Waals surface area contributed by atoms with E-state index >= 15 is 0 Å². The summed E-state index contributed by atoms with van der Waals surface area (Å²) in [5, 5.41) is 16.3. The van der Waals surface area contributed by atoms with Crippen LogP contribution in [0.25, 0.3) is 10.8 Å². The van der Waals surface area contributed by atoms with E-state index in [2.05, 4.69) is 20.6 Å². The van der Waals surface area contributed by atoms with Gasteiger partial charge in [0.1, 0.15) is 5.51 Å². The predicted octanol–water partition coefficient (Wildman–Crippen LogP) is 2.39. The lowest BCUT2D eigenvalue weighted by molar-refractivity contribution is -0.121. The van der Waals surface area contributed by atoms with Crippen molar-refractivity contribution in [2.75, 3.05) is 18.4 Å². The Morgan fingerprint density at radius 2 is 1.90 bits per heavy atom. The number of amides is 2. The van der Waals surface area contributed by atoms with Crippen molar-refractivity contribution in [3.05, 3.63) is 45.8 Å². The Morgan fingerprint density at radius 1 is 1.19 bits per heavy atom. The highest BCUT2D eigenvalue weighted by atomic mass is 32.1. The topological polar surface area (TPSA) is 110 Å². The van der Waals surface area contributed by atoms with Crippen molar-refractivity contribution in [3.63, 3.8) is 0 Å². The maximum absolute atomic E-state index is 13.3. The first kappa shape index (κ1) is 21.1. The zero-order valence-corrected chi connectivity index (χ0v) is 18.3. The Bertz CT molecular complexity index is 1150. The van der Waals surface area contributed by atoms with Crippen LogP contribution >= 0.6 is 11.3 Å². The summed E-state index contributed by atoms with van der Waals surface area (Å²) in [6, 6.07) is 7.09. The Morgan fingerprint density at radius 3 is 2.55 bits per heavy atom. The lowest BCUT2D eigenvalue weighted by Gasteiger charge is -2.31. The smallest absolute Gasteiger partial charge is 0.274 e. The molecule has 10 heteroatoms. The number of carbonyl (C=O) groups excluding carboxylic acids is 2. The molecule has 0 unspecified atom stereocenters. The molecule has 1 saturated heterocycles. The van der Waals surface area contributed by atoms with Crippen molar-refractivity contribution in [1.29, 1.82) is 0 Å². The summed E-state index contributed by atoms with van der Waals surface area (Å²) < 4.78 is 1.39. The number of rotatable bonds is 5. The largest absolute Gasteiger partial charge is 0.337 e. The molecular weight excluding hydrogens is 416 g/mol. The van der Waals surface area contributed by atoms with Gasteiger partial charge in [0.25, 0.3) is 11.5 Å². The van der Waals surface area contributed by atoms with Crippen LogP contribution in [-0.2, 0) is 11.3 Å². The summed E-state index contributed by atoms with van der Waals surface area (Å²) >= 11 is 1.27. The van der Waals surface area contributed by atoms with Gasteiger partial charge in [-0.1, -0.05) is 43.4 Å². The molecule has 2 aromatic heterocycles. The van der Waals surface area contributed by atoms with Crippen molar-refractivity contribution < 1.29 is 9.59 Å². The second-order valence-electron chi connectivity index (χ2n) is 8.07. The van der Waals surface area contributed by atoms with Crippen molar-refractivity contribution in [3.8, 4) is 0 Å². The van der Waals surface area contributed by atoms with Crippen LogP contribution in [-0.4, -0.2) is 49.8 Å². The third-order valence-electron chi connectivity index (χ3n) is 5.35. The van der Waals surface area contributed by atoms with Crippen molar-refractivity contribution in [2.45, 2.75) is 33.2 Å². The summed E-state index contributed by atoms with van der Waals surface area (Å²) in [5.41, 5.74) is 1.66. The minimum Gasteiger partial charge on any atom is -0.337 e. The van der Waals surface area contributed by atoms with Gasteiger partial charge in [-0.25, -0.2) is 4.68 Å². The molecule has 2 amide bonds. The van der Waals surface area contributed by atoms with Crippen LogP contribution in [0.5, 0.6) is 0 Å². The van der Waals surface area contributed by atoms with Gasteiger partial charge in [-0.05, 0) is 24.8 Å². The van der Waals surface area contributed by atoms with E-state index in [9.17, 15) is 14.4 Å². The van der Waals surface area contributed by atoms with Crippen LogP contribution in [0.4, 0.5) is 5.13 Å². The maximum atomic E-state index is 13.3. The Hall–Kier alpha value is -3.14. The molecule has 3 aromatic rings. The summed E-state index contributed by atoms with van der Waals surface area (Å²) in [6.07, 6.45) is 1.11. The van der Waals surface area contributed by atoms with Crippen LogP contribution in [0, 0.1) is 11.8 Å². The molecule has 1 aliphatic heterocycles. The van der Waals surface area contributed by atoms with Crippen LogP contribution in [0.15, 0.2) is 34.6 Å². The van der Waals surface area contributed by atoms with E-state index in [0.29, 0.717) is 48.4 Å². The molecule has 1 aliphatic rings. The Kier molecular flexibility index (Phi) is 6.08. The van der Waals surface area contributed by atoms with E-state index in [4.69, 9.17) is 0 Å². The highest BCUT2D eigenvalue weighted by Crippen LogP contribution is 2.23. The molecule has 1 aromatic carbocycles. The maximum Gasteiger partial charge on any atom is 0.274 e. The second kappa shape index (κ2) is 8.93. The number of hydrogen-bond donors (Lipinski definition) is 1. The van der Waals surface area contributed by atoms with Gasteiger partial charge in [0.15, 0.2) is 5.69 Å². The average Bonchev–Trinajstić information content (AvgIpc) is 3.28. The van der Waals surface area contributed by atoms with Gasteiger partial charge in [-0.2, -0.15) is 5.10 Å². The fourth-order valence-electron chi connectivity index (χ4n) is 3.79. The fraction of sp³-hybridized carbons (Fsp3) is 0.429. The molecule has 0 spiro atoms. The van der Waals surface area contributed by atoms with Gasteiger partial charge in [-0.15, -0.1) is 10.2 Å². The number of nitrogens with zero attached hydrogens (tertiary/aromatic N) is 5. The number of carbonyl (C=O) groups is 2. The molecule has 31 heavy (non-hydrogen) atoms. The lowest BCUT2D eigenvalue weighted by atomic mass is 9.95. The molecule has 0 radical (unpaired) electrons. The molecule has 1 N–H and O–H groups in total. The van der Waals surface area contributed by atoms with Crippen LogP contribution in [0.3, 0.4) is 0 Å². The van der Waals surface area contributed by atoms with Gasteiger partial charge in [0.2, 0.25) is 11.0 Å². The van der Waals surface area contributed by atoms with Gasteiger partial charge < -0.3 is 10.2 Å². The number of nitrogens with one attached hydrogen (secondary N) is 1. The first-order valence-corrected chi connectivity index (χ1v) is 11.2. The second-order valence-corrected chi connectivity index (χ2v) is 8.91. The van der Waals surface area contributed by atoms with Gasteiger partial charge in [-0.3, -0.25) is 14.4 Å². The number of aromatic nitrogens is 4. The third-order valence-corrected chi connectivity index (χ3v) is 5.96. The zero-order valence-electron chi connectivity index (χ0n) is 17.4. The van der Waals surface area contributed by atoms with Gasteiger partial charge >= 0.3 is 0 Å². The minimum atomic E-state index is -0.211. The Labute approximate surface area is 183 Å². The summed E-state index contributed by atoms with van der Waals surface area (Å²) in [4.78, 5) is 40.3. The number of fused-ring (bicyclic) bond motifs is 1. The normalized spacial score (nSPS) is 14.9. The summed E-state index contributed by atoms with van der Waals surface area (Å²) in [6.45, 7) is 5.35. The minimum absolute atomic E-state index is 0.0992. The van der Waals surface area contributed by atoms with Crippen molar-refractivity contribution in [1.82, 2.24) is 24.9 Å². The predicted molar refractivity (Wildman–Crippen MR) is 118 cm³/mol. The SMILES string of the molecule is CC(C)Cn1nc(C(=O)N2CCC(C(=O)Nc3nncs3)CC2)c2ccccc2c1=O. The molecule has 4 rings (SSSR count). The molecule has 0 aliphatic carbocycles. The van der Waals surface area contributed by atoms with Gasteiger partial charge in [0.05, 0.1) is 5.39 Å².